The van der Waals surface area contributed by atoms with Crippen molar-refractivity contribution in [2.45, 2.75) is 45.3 Å². The van der Waals surface area contributed by atoms with E-state index in [0.29, 0.717) is 0 Å². The van der Waals surface area contributed by atoms with Gasteiger partial charge in [-0.15, -0.1) is 0 Å². The molecule has 2 aliphatic heterocycles. The maximum Gasteiger partial charge on any atom is 0.419 e. The van der Waals surface area contributed by atoms with Crippen molar-refractivity contribution in [3.05, 3.63) is 35.5 Å². The van der Waals surface area contributed by atoms with E-state index in [2.05, 4.69) is 11.0 Å². The van der Waals surface area contributed by atoms with Crippen LogP contribution in [-0.2, 0) is 15.9 Å². The van der Waals surface area contributed by atoms with Crippen LogP contribution in [0.25, 0.3) is 10.9 Å². The summed E-state index contributed by atoms with van der Waals surface area (Å²) in [6, 6.07) is 8.39. The summed E-state index contributed by atoms with van der Waals surface area (Å²) in [7, 11) is 0. The van der Waals surface area contributed by atoms with Gasteiger partial charge in [0.15, 0.2) is 0 Å². The van der Waals surface area contributed by atoms with Gasteiger partial charge >= 0.3 is 6.09 Å². The average molecular weight is 342 g/mol. The van der Waals surface area contributed by atoms with Crippen LogP contribution in [-0.4, -0.2) is 47.5 Å². The third-order valence-corrected chi connectivity index (χ3v) is 5.06. The Morgan fingerprint density at radius 1 is 1.20 bits per heavy atom. The van der Waals surface area contributed by atoms with Gasteiger partial charge in [-0.1, -0.05) is 18.2 Å². The molecule has 1 unspecified atom stereocenters. The highest BCUT2D eigenvalue weighted by Crippen LogP contribution is 2.39. The quantitative estimate of drug-likeness (QED) is 0.731. The molecule has 0 radical (unpaired) electrons. The molecule has 1 atom stereocenters. The van der Waals surface area contributed by atoms with Crippen molar-refractivity contribution < 1.29 is 14.3 Å². The first-order valence-electron chi connectivity index (χ1n) is 9.13. The van der Waals surface area contributed by atoms with Gasteiger partial charge in [0.2, 0.25) is 0 Å². The van der Waals surface area contributed by atoms with Crippen LogP contribution in [0.15, 0.2) is 24.3 Å². The Labute approximate surface area is 148 Å². The molecule has 0 amide bonds. The molecule has 0 saturated carbocycles. The van der Waals surface area contributed by atoms with E-state index >= 15 is 0 Å². The number of rotatable bonds is 0. The lowest BCUT2D eigenvalue weighted by Gasteiger charge is -2.35. The van der Waals surface area contributed by atoms with Crippen molar-refractivity contribution >= 4 is 17.0 Å². The van der Waals surface area contributed by atoms with Crippen LogP contribution in [0.2, 0.25) is 0 Å². The predicted octanol–water partition coefficient (Wildman–Crippen LogP) is 3.74. The molecule has 0 aliphatic carbocycles. The van der Waals surface area contributed by atoms with Crippen LogP contribution in [0.5, 0.6) is 0 Å². The molecule has 0 spiro atoms. The highest BCUT2D eigenvalue weighted by molar-refractivity contribution is 5.94. The predicted molar refractivity (Wildman–Crippen MR) is 97.0 cm³/mol. The summed E-state index contributed by atoms with van der Waals surface area (Å²) in [4.78, 5) is 15.5. The standard InChI is InChI=1S/C20H26N2O3/c1-20(2,3)25-19(23)22-16-7-5-4-6-14(16)15-8-10-21-11-13-24-12-9-17(21)18(15)22/h4-7,17H,8-13H2,1-3H3. The van der Waals surface area contributed by atoms with E-state index in [-0.39, 0.29) is 12.1 Å². The lowest BCUT2D eigenvalue weighted by molar-refractivity contribution is 0.0526. The van der Waals surface area contributed by atoms with Gasteiger partial charge in [0.1, 0.15) is 5.60 Å². The third kappa shape index (κ3) is 2.96. The first kappa shape index (κ1) is 16.6. The van der Waals surface area contributed by atoms with Crippen LogP contribution in [0, 0.1) is 0 Å². The highest BCUT2D eigenvalue weighted by atomic mass is 16.6. The Morgan fingerprint density at radius 2 is 2.00 bits per heavy atom. The topological polar surface area (TPSA) is 43.7 Å². The Hall–Kier alpha value is -1.85. The first-order valence-corrected chi connectivity index (χ1v) is 9.13. The summed E-state index contributed by atoms with van der Waals surface area (Å²) < 4.78 is 13.2. The second-order valence-electron chi connectivity index (χ2n) is 7.90. The molecular weight excluding hydrogens is 316 g/mol. The fraction of sp³-hybridized carbons (Fsp3) is 0.550. The molecule has 0 bridgehead atoms. The minimum atomic E-state index is -0.518. The molecule has 1 aromatic heterocycles. The van der Waals surface area contributed by atoms with E-state index in [4.69, 9.17) is 9.47 Å². The largest absolute Gasteiger partial charge is 0.443 e. The summed E-state index contributed by atoms with van der Waals surface area (Å²) in [5, 5.41) is 1.17. The van der Waals surface area contributed by atoms with Crippen molar-refractivity contribution in [1.29, 1.82) is 0 Å². The lowest BCUT2D eigenvalue weighted by Crippen LogP contribution is -2.38. The van der Waals surface area contributed by atoms with E-state index in [9.17, 15) is 4.79 Å². The first-order chi connectivity index (χ1) is 12.0. The fourth-order valence-corrected chi connectivity index (χ4v) is 4.09. The molecule has 2 aromatic rings. The lowest BCUT2D eigenvalue weighted by atomic mass is 9.95. The van der Waals surface area contributed by atoms with E-state index in [1.54, 1.807) is 0 Å². The number of carbonyl (C=O) groups excluding carboxylic acids is 1. The highest BCUT2D eigenvalue weighted by Gasteiger charge is 2.36. The van der Waals surface area contributed by atoms with Gasteiger partial charge in [0.05, 0.1) is 23.9 Å². The van der Waals surface area contributed by atoms with E-state index in [0.717, 1.165) is 50.4 Å². The number of hydrogen-bond donors (Lipinski definition) is 0. The molecule has 2 aliphatic rings. The van der Waals surface area contributed by atoms with E-state index < -0.39 is 5.60 Å². The van der Waals surface area contributed by atoms with Gasteiger partial charge < -0.3 is 9.47 Å². The number of benzene rings is 1. The van der Waals surface area contributed by atoms with Gasteiger partial charge in [-0.2, -0.15) is 0 Å². The van der Waals surface area contributed by atoms with Crippen LogP contribution in [0.3, 0.4) is 0 Å². The molecule has 5 heteroatoms. The number of carbonyl (C=O) groups is 1. The van der Waals surface area contributed by atoms with Crippen molar-refractivity contribution in [2.24, 2.45) is 0 Å². The van der Waals surface area contributed by atoms with E-state index in [1.807, 2.05) is 43.5 Å². The molecule has 4 rings (SSSR count). The second-order valence-corrected chi connectivity index (χ2v) is 7.90. The molecule has 5 nitrogen and oxygen atoms in total. The van der Waals surface area contributed by atoms with Gasteiger partial charge in [-0.3, -0.25) is 4.90 Å². The van der Waals surface area contributed by atoms with Crippen molar-refractivity contribution in [1.82, 2.24) is 9.47 Å². The zero-order valence-electron chi connectivity index (χ0n) is 15.2. The maximum absolute atomic E-state index is 13.1. The maximum atomic E-state index is 13.1. The number of fused-ring (bicyclic) bond motifs is 5. The third-order valence-electron chi connectivity index (χ3n) is 5.06. The zero-order chi connectivity index (χ0) is 17.6. The van der Waals surface area contributed by atoms with Crippen LogP contribution in [0.1, 0.15) is 44.5 Å². The molecule has 1 fully saturated rings. The minimum absolute atomic E-state index is 0.214. The van der Waals surface area contributed by atoms with Crippen LogP contribution >= 0.6 is 0 Å². The molecule has 0 N–H and O–H groups in total. The number of para-hydroxylation sites is 1. The molecule has 134 valence electrons. The Kier molecular flexibility index (Phi) is 4.08. The Balaban J connectivity index is 1.89. The SMILES string of the molecule is CC(C)(C)OC(=O)n1c2c(c3ccccc31)CCN1CCOCCC21. The van der Waals surface area contributed by atoms with Gasteiger partial charge in [-0.25, -0.2) is 9.36 Å². The number of aromatic nitrogens is 1. The molecular formula is C20H26N2O3. The molecule has 1 aromatic carbocycles. The summed E-state index contributed by atoms with van der Waals surface area (Å²) >= 11 is 0. The van der Waals surface area contributed by atoms with Gasteiger partial charge in [0.25, 0.3) is 0 Å². The second kappa shape index (κ2) is 6.15. The summed E-state index contributed by atoms with van der Waals surface area (Å²) in [6.07, 6.45) is 1.59. The minimum Gasteiger partial charge on any atom is -0.443 e. The Morgan fingerprint density at radius 3 is 2.80 bits per heavy atom. The van der Waals surface area contributed by atoms with Gasteiger partial charge in [0, 0.05) is 25.1 Å². The summed E-state index contributed by atoms with van der Waals surface area (Å²) in [5.74, 6) is 0. The molecule has 1 saturated heterocycles. The Bertz CT molecular complexity index is 803. The number of ether oxygens (including phenoxy) is 2. The van der Waals surface area contributed by atoms with Crippen LogP contribution in [0.4, 0.5) is 4.79 Å². The molecule has 3 heterocycles. The molecule has 25 heavy (non-hydrogen) atoms. The number of nitrogens with zero attached hydrogens (tertiary/aromatic N) is 2. The number of hydrogen-bond acceptors (Lipinski definition) is 4. The summed E-state index contributed by atoms with van der Waals surface area (Å²) in [5.41, 5.74) is 2.83. The van der Waals surface area contributed by atoms with E-state index in [1.165, 1.54) is 10.9 Å². The smallest absolute Gasteiger partial charge is 0.419 e. The normalized spacial score (nSPS) is 21.5. The fourth-order valence-electron chi connectivity index (χ4n) is 4.09. The monoisotopic (exact) mass is 342 g/mol. The van der Waals surface area contributed by atoms with Crippen LogP contribution < -0.4 is 0 Å². The summed E-state index contributed by atoms with van der Waals surface area (Å²) in [6.45, 7) is 9.16. The van der Waals surface area contributed by atoms with Crippen molar-refractivity contribution in [2.75, 3.05) is 26.3 Å². The van der Waals surface area contributed by atoms with Crippen molar-refractivity contribution in [3.63, 3.8) is 0 Å². The van der Waals surface area contributed by atoms with Crippen molar-refractivity contribution in [3.8, 4) is 0 Å². The van der Waals surface area contributed by atoms with Gasteiger partial charge in [-0.05, 0) is 45.2 Å². The zero-order valence-corrected chi connectivity index (χ0v) is 15.2. The average Bonchev–Trinajstić information content (AvgIpc) is 2.71.